The Hall–Kier alpha value is -1.72. The molecule has 0 radical (unpaired) electrons. The van der Waals surface area contributed by atoms with Gasteiger partial charge < -0.3 is 0 Å². The molecule has 2 aromatic rings. The highest BCUT2D eigenvalue weighted by Gasteiger charge is 2.15. The van der Waals surface area contributed by atoms with Crippen LogP contribution in [-0.4, -0.2) is 20.6 Å². The zero-order valence-corrected chi connectivity index (χ0v) is 6.61. The molecule has 0 aliphatic heterocycles. The molecule has 62 valence electrons. The molecule has 0 amide bonds. The predicted octanol–water partition coefficient (Wildman–Crippen LogP) is 0.736. The first-order valence-corrected chi connectivity index (χ1v) is 3.37. The van der Waals surface area contributed by atoms with Crippen LogP contribution in [0.25, 0.3) is 11.4 Å². The molecule has 0 aliphatic carbocycles. The molecule has 0 saturated heterocycles. The first kappa shape index (κ1) is 6.96. The van der Waals surface area contributed by atoms with Crippen molar-refractivity contribution in [2.45, 2.75) is 13.8 Å². The maximum Gasteiger partial charge on any atom is 0.161 e. The van der Waals surface area contributed by atoms with Crippen LogP contribution < -0.4 is 0 Å². The molecule has 6 heteroatoms. The van der Waals surface area contributed by atoms with Crippen LogP contribution in [0.3, 0.4) is 0 Å². The van der Waals surface area contributed by atoms with Gasteiger partial charge in [-0.2, -0.15) is 0 Å². The van der Waals surface area contributed by atoms with E-state index in [-0.39, 0.29) is 0 Å². The van der Waals surface area contributed by atoms with Crippen molar-refractivity contribution in [3.63, 3.8) is 0 Å². The SMILES string of the molecule is Cc1nonc1-c1nonc1C. The van der Waals surface area contributed by atoms with Crippen molar-refractivity contribution in [1.29, 1.82) is 0 Å². The molecule has 6 nitrogen and oxygen atoms in total. The highest BCUT2D eigenvalue weighted by Crippen LogP contribution is 2.19. The van der Waals surface area contributed by atoms with Crippen LogP contribution in [0.5, 0.6) is 0 Å². The number of aromatic nitrogens is 4. The van der Waals surface area contributed by atoms with Gasteiger partial charge in [0.1, 0.15) is 11.4 Å². The largest absolute Gasteiger partial charge is 0.244 e. The normalized spacial score (nSPS) is 10.5. The highest BCUT2D eigenvalue weighted by atomic mass is 16.6. The van der Waals surface area contributed by atoms with E-state index in [0.717, 1.165) is 0 Å². The van der Waals surface area contributed by atoms with Gasteiger partial charge >= 0.3 is 0 Å². The molecule has 0 bridgehead atoms. The Balaban J connectivity index is 2.57. The number of rotatable bonds is 1. The maximum atomic E-state index is 4.51. The first-order chi connectivity index (χ1) is 5.79. The topological polar surface area (TPSA) is 77.8 Å². The van der Waals surface area contributed by atoms with Crippen molar-refractivity contribution >= 4 is 0 Å². The van der Waals surface area contributed by atoms with Crippen molar-refractivity contribution in [3.8, 4) is 11.4 Å². The Morgan fingerprint density at radius 3 is 1.42 bits per heavy atom. The van der Waals surface area contributed by atoms with Crippen molar-refractivity contribution in [1.82, 2.24) is 20.6 Å². The van der Waals surface area contributed by atoms with Crippen molar-refractivity contribution in [3.05, 3.63) is 11.4 Å². The lowest BCUT2D eigenvalue weighted by Crippen LogP contribution is -1.84. The quantitative estimate of drug-likeness (QED) is 0.621. The van der Waals surface area contributed by atoms with E-state index in [4.69, 9.17) is 0 Å². The van der Waals surface area contributed by atoms with Crippen molar-refractivity contribution in [2.24, 2.45) is 0 Å². The van der Waals surface area contributed by atoms with Crippen LogP contribution in [0.2, 0.25) is 0 Å². The molecule has 0 unspecified atom stereocenters. The summed E-state index contributed by atoms with van der Waals surface area (Å²) in [6, 6.07) is 0. The summed E-state index contributed by atoms with van der Waals surface area (Å²) < 4.78 is 9.03. The number of hydrogen-bond donors (Lipinski definition) is 0. The first-order valence-electron chi connectivity index (χ1n) is 3.37. The van der Waals surface area contributed by atoms with Gasteiger partial charge in [0.05, 0.1) is 0 Å². The van der Waals surface area contributed by atoms with Gasteiger partial charge in [0.15, 0.2) is 11.4 Å². The molecular weight excluding hydrogens is 160 g/mol. The number of nitrogens with zero attached hydrogens (tertiary/aromatic N) is 4. The van der Waals surface area contributed by atoms with Gasteiger partial charge in [-0.05, 0) is 24.2 Å². The molecular formula is C6H6N4O2. The summed E-state index contributed by atoms with van der Waals surface area (Å²) in [6.07, 6.45) is 0. The fraction of sp³-hybridized carbons (Fsp3) is 0.333. The molecule has 2 rings (SSSR count). The molecule has 2 aromatic heterocycles. The van der Waals surface area contributed by atoms with Crippen LogP contribution in [0.15, 0.2) is 9.26 Å². The Kier molecular flexibility index (Phi) is 1.39. The van der Waals surface area contributed by atoms with Gasteiger partial charge in [0.25, 0.3) is 0 Å². The minimum atomic E-state index is 0.578. The van der Waals surface area contributed by atoms with E-state index in [1.165, 1.54) is 0 Å². The second-order valence-corrected chi connectivity index (χ2v) is 2.40. The number of aryl methyl sites for hydroxylation is 2. The summed E-state index contributed by atoms with van der Waals surface area (Å²) in [6.45, 7) is 3.56. The Labute approximate surface area is 67.5 Å². The zero-order chi connectivity index (χ0) is 8.55. The van der Waals surface area contributed by atoms with E-state index < -0.39 is 0 Å². The van der Waals surface area contributed by atoms with E-state index in [9.17, 15) is 0 Å². The lowest BCUT2D eigenvalue weighted by Gasteiger charge is -1.85. The van der Waals surface area contributed by atoms with E-state index in [0.29, 0.717) is 22.8 Å². The van der Waals surface area contributed by atoms with Crippen LogP contribution in [0.4, 0.5) is 0 Å². The number of hydrogen-bond acceptors (Lipinski definition) is 6. The molecule has 0 aliphatic rings. The molecule has 12 heavy (non-hydrogen) atoms. The van der Waals surface area contributed by atoms with Gasteiger partial charge in [-0.25, -0.2) is 9.26 Å². The predicted molar refractivity (Wildman–Crippen MR) is 37.1 cm³/mol. The van der Waals surface area contributed by atoms with Gasteiger partial charge in [-0.3, -0.25) is 0 Å². The minimum Gasteiger partial charge on any atom is -0.244 e. The van der Waals surface area contributed by atoms with Crippen LogP contribution in [0, 0.1) is 13.8 Å². The third-order valence-corrected chi connectivity index (χ3v) is 1.53. The summed E-state index contributed by atoms with van der Waals surface area (Å²) >= 11 is 0. The Bertz CT molecular complexity index is 353. The standard InChI is InChI=1S/C6H6N4O2/c1-3-5(9-11-7-3)6-4(2)8-12-10-6/h1-2H3. The van der Waals surface area contributed by atoms with Crippen molar-refractivity contribution < 1.29 is 9.26 Å². The molecule has 0 fully saturated rings. The Morgan fingerprint density at radius 1 is 0.750 bits per heavy atom. The van der Waals surface area contributed by atoms with E-state index in [1.807, 2.05) is 0 Å². The third kappa shape index (κ3) is 0.884. The summed E-state index contributed by atoms with van der Waals surface area (Å²) in [7, 11) is 0. The average Bonchev–Trinajstić information content (AvgIpc) is 2.59. The van der Waals surface area contributed by atoms with Crippen molar-refractivity contribution in [2.75, 3.05) is 0 Å². The second-order valence-electron chi connectivity index (χ2n) is 2.40. The summed E-state index contributed by atoms with van der Waals surface area (Å²) in [5.41, 5.74) is 2.50. The molecule has 0 saturated carbocycles. The van der Waals surface area contributed by atoms with E-state index >= 15 is 0 Å². The lowest BCUT2D eigenvalue weighted by atomic mass is 10.2. The molecule has 0 spiro atoms. The highest BCUT2D eigenvalue weighted by molar-refractivity contribution is 5.56. The molecule has 2 heterocycles. The fourth-order valence-corrected chi connectivity index (χ4v) is 0.893. The fourth-order valence-electron chi connectivity index (χ4n) is 0.893. The molecule has 0 N–H and O–H groups in total. The summed E-state index contributed by atoms with van der Waals surface area (Å²) in [5.74, 6) is 0. The van der Waals surface area contributed by atoms with Gasteiger partial charge in [0, 0.05) is 0 Å². The van der Waals surface area contributed by atoms with Crippen LogP contribution >= 0.6 is 0 Å². The van der Waals surface area contributed by atoms with E-state index in [1.54, 1.807) is 13.8 Å². The zero-order valence-electron chi connectivity index (χ0n) is 6.61. The van der Waals surface area contributed by atoms with Crippen LogP contribution in [-0.2, 0) is 0 Å². The molecule has 0 atom stereocenters. The van der Waals surface area contributed by atoms with E-state index in [2.05, 4.69) is 29.9 Å². The summed E-state index contributed by atoms with van der Waals surface area (Å²) in [5, 5.41) is 14.6. The maximum absolute atomic E-state index is 4.51. The monoisotopic (exact) mass is 166 g/mol. The van der Waals surface area contributed by atoms with Gasteiger partial charge in [-0.15, -0.1) is 0 Å². The smallest absolute Gasteiger partial charge is 0.161 e. The minimum absolute atomic E-state index is 0.578. The van der Waals surface area contributed by atoms with Gasteiger partial charge in [0.2, 0.25) is 0 Å². The Morgan fingerprint density at radius 2 is 1.17 bits per heavy atom. The van der Waals surface area contributed by atoms with Gasteiger partial charge in [-0.1, -0.05) is 10.3 Å². The third-order valence-electron chi connectivity index (χ3n) is 1.53. The lowest BCUT2D eigenvalue weighted by molar-refractivity contribution is 0.301. The summed E-state index contributed by atoms with van der Waals surface area (Å²) in [4.78, 5) is 0. The molecule has 0 aromatic carbocycles. The second kappa shape index (κ2) is 2.40. The average molecular weight is 166 g/mol. The van der Waals surface area contributed by atoms with Crippen LogP contribution in [0.1, 0.15) is 11.4 Å².